The van der Waals surface area contributed by atoms with Crippen molar-refractivity contribution < 1.29 is 13.2 Å². The van der Waals surface area contributed by atoms with Crippen LogP contribution in [0.15, 0.2) is 71.8 Å². The van der Waals surface area contributed by atoms with Gasteiger partial charge in [-0.15, -0.1) is 0 Å². The van der Waals surface area contributed by atoms with Gasteiger partial charge in [-0.2, -0.15) is 0 Å². The summed E-state index contributed by atoms with van der Waals surface area (Å²) in [6.45, 7) is 3.69. The minimum absolute atomic E-state index is 0.125. The number of anilines is 1. The molecule has 0 radical (unpaired) electrons. The number of aromatic nitrogens is 1. The molecule has 2 heterocycles. The standard InChI is InChI=1S/C26H28ClN3O3S/c1-19-16-24(9-12-28-19)30-13-10-23(11-14-30)29(2)26(31)4-3-15-34(32,33)25-8-6-20-17-22(27)7-5-21(20)18-25/h3-9,12,16-18,23H,10-11,13-15H2,1-2H3. The lowest BCUT2D eigenvalue weighted by molar-refractivity contribution is -0.127. The summed E-state index contributed by atoms with van der Waals surface area (Å²) in [5.74, 6) is -0.410. The van der Waals surface area contributed by atoms with Crippen LogP contribution < -0.4 is 4.90 Å². The lowest BCUT2D eigenvalue weighted by Gasteiger charge is -2.37. The SMILES string of the molecule is Cc1cc(N2CCC(N(C)C(=O)C=CCS(=O)(=O)c3ccc4cc(Cl)ccc4c3)CC2)ccn1. The number of halogens is 1. The van der Waals surface area contributed by atoms with Crippen LogP contribution >= 0.6 is 11.6 Å². The van der Waals surface area contributed by atoms with Gasteiger partial charge < -0.3 is 9.80 Å². The number of carbonyl (C=O) groups excluding carboxylic acids is 1. The van der Waals surface area contributed by atoms with E-state index in [2.05, 4.69) is 16.0 Å². The van der Waals surface area contributed by atoms with Gasteiger partial charge in [0.05, 0.1) is 10.6 Å². The van der Waals surface area contributed by atoms with Crippen molar-refractivity contribution in [2.45, 2.75) is 30.7 Å². The van der Waals surface area contributed by atoms with E-state index < -0.39 is 9.84 Å². The lowest BCUT2D eigenvalue weighted by Crippen LogP contribution is -2.45. The first-order valence-corrected chi connectivity index (χ1v) is 13.3. The van der Waals surface area contributed by atoms with Gasteiger partial charge >= 0.3 is 0 Å². The van der Waals surface area contributed by atoms with E-state index in [1.807, 2.05) is 19.2 Å². The molecule has 2 aromatic carbocycles. The summed E-state index contributed by atoms with van der Waals surface area (Å²) in [6.07, 6.45) is 6.35. The van der Waals surface area contributed by atoms with E-state index in [9.17, 15) is 13.2 Å². The minimum atomic E-state index is -3.55. The fourth-order valence-corrected chi connectivity index (χ4v) is 5.60. The number of amides is 1. The van der Waals surface area contributed by atoms with Gasteiger partial charge in [0.25, 0.3) is 0 Å². The molecule has 0 atom stereocenters. The number of likely N-dealkylation sites (N-methyl/N-ethyl adjacent to an activating group) is 1. The monoisotopic (exact) mass is 497 g/mol. The Balaban J connectivity index is 1.34. The van der Waals surface area contributed by atoms with Crippen molar-refractivity contribution in [3.8, 4) is 0 Å². The van der Waals surface area contributed by atoms with Gasteiger partial charge in [0, 0.05) is 54.9 Å². The second-order valence-corrected chi connectivity index (χ2v) is 11.1. The largest absolute Gasteiger partial charge is 0.371 e. The molecule has 1 fully saturated rings. The van der Waals surface area contributed by atoms with Crippen LogP contribution in [0.4, 0.5) is 5.69 Å². The zero-order valence-corrected chi connectivity index (χ0v) is 20.9. The van der Waals surface area contributed by atoms with E-state index in [1.54, 1.807) is 48.3 Å². The highest BCUT2D eigenvalue weighted by atomic mass is 35.5. The molecule has 0 aliphatic carbocycles. The van der Waals surface area contributed by atoms with Gasteiger partial charge in [-0.3, -0.25) is 9.78 Å². The minimum Gasteiger partial charge on any atom is -0.371 e. The van der Waals surface area contributed by atoms with Crippen LogP contribution in [0.25, 0.3) is 10.8 Å². The van der Waals surface area contributed by atoms with Crippen molar-refractivity contribution in [1.29, 1.82) is 0 Å². The summed E-state index contributed by atoms with van der Waals surface area (Å²) in [5, 5.41) is 2.29. The zero-order valence-electron chi connectivity index (χ0n) is 19.3. The number of piperidine rings is 1. The topological polar surface area (TPSA) is 70.6 Å². The number of hydrogen-bond donors (Lipinski definition) is 0. The molecular weight excluding hydrogens is 470 g/mol. The molecule has 3 aromatic rings. The molecule has 0 N–H and O–H groups in total. The normalized spacial score (nSPS) is 15.2. The van der Waals surface area contributed by atoms with E-state index in [1.165, 1.54) is 12.2 Å². The Bertz CT molecular complexity index is 1330. The van der Waals surface area contributed by atoms with Crippen LogP contribution in [0, 0.1) is 6.92 Å². The van der Waals surface area contributed by atoms with Crippen LogP contribution in [0.5, 0.6) is 0 Å². The molecule has 6 nitrogen and oxygen atoms in total. The van der Waals surface area contributed by atoms with Gasteiger partial charge in [0.15, 0.2) is 9.84 Å². The Morgan fingerprint density at radius 2 is 1.82 bits per heavy atom. The molecule has 178 valence electrons. The molecule has 0 saturated carbocycles. The number of carbonyl (C=O) groups is 1. The molecule has 1 saturated heterocycles. The molecule has 4 rings (SSSR count). The maximum atomic E-state index is 12.8. The predicted molar refractivity (Wildman–Crippen MR) is 137 cm³/mol. The Labute approximate surface area is 205 Å². The number of hydrogen-bond acceptors (Lipinski definition) is 5. The van der Waals surface area contributed by atoms with Crippen molar-refractivity contribution in [1.82, 2.24) is 9.88 Å². The van der Waals surface area contributed by atoms with E-state index in [0.29, 0.717) is 5.02 Å². The highest BCUT2D eigenvalue weighted by molar-refractivity contribution is 7.91. The van der Waals surface area contributed by atoms with Crippen molar-refractivity contribution >= 4 is 43.8 Å². The van der Waals surface area contributed by atoms with E-state index in [0.717, 1.165) is 48.1 Å². The third-order valence-corrected chi connectivity index (χ3v) is 8.15. The van der Waals surface area contributed by atoms with Crippen LogP contribution in [0.3, 0.4) is 0 Å². The maximum Gasteiger partial charge on any atom is 0.246 e. The summed E-state index contributed by atoms with van der Waals surface area (Å²) in [7, 11) is -1.77. The highest BCUT2D eigenvalue weighted by Crippen LogP contribution is 2.24. The molecule has 0 bridgehead atoms. The summed E-state index contributed by atoms with van der Waals surface area (Å²) in [5.41, 5.74) is 2.14. The Morgan fingerprint density at radius 3 is 2.56 bits per heavy atom. The number of pyridine rings is 1. The number of sulfone groups is 1. The summed E-state index contributed by atoms with van der Waals surface area (Å²) in [6, 6.07) is 14.5. The number of fused-ring (bicyclic) bond motifs is 1. The van der Waals surface area contributed by atoms with E-state index in [4.69, 9.17) is 11.6 Å². The lowest BCUT2D eigenvalue weighted by atomic mass is 10.0. The molecule has 8 heteroatoms. The Hall–Kier alpha value is -2.90. The van der Waals surface area contributed by atoms with Gasteiger partial charge in [0.2, 0.25) is 5.91 Å². The zero-order chi connectivity index (χ0) is 24.3. The highest BCUT2D eigenvalue weighted by Gasteiger charge is 2.25. The van der Waals surface area contributed by atoms with Crippen molar-refractivity contribution in [3.05, 3.63) is 77.6 Å². The third kappa shape index (κ3) is 5.59. The summed E-state index contributed by atoms with van der Waals surface area (Å²) in [4.78, 5) is 21.2. The molecular formula is C26H28ClN3O3S. The first kappa shape index (κ1) is 24.2. The van der Waals surface area contributed by atoms with Crippen LogP contribution in [-0.4, -0.2) is 56.1 Å². The number of aryl methyl sites for hydroxylation is 1. The predicted octanol–water partition coefficient (Wildman–Crippen LogP) is 4.65. The van der Waals surface area contributed by atoms with E-state index in [-0.39, 0.29) is 22.6 Å². The van der Waals surface area contributed by atoms with Gasteiger partial charge in [-0.05, 0) is 66.9 Å². The van der Waals surface area contributed by atoms with Crippen LogP contribution in [0.2, 0.25) is 5.02 Å². The summed E-state index contributed by atoms with van der Waals surface area (Å²) >= 11 is 6.00. The van der Waals surface area contributed by atoms with Gasteiger partial charge in [-0.1, -0.05) is 29.8 Å². The van der Waals surface area contributed by atoms with Crippen LogP contribution in [-0.2, 0) is 14.6 Å². The number of rotatable bonds is 6. The smallest absolute Gasteiger partial charge is 0.246 e. The average Bonchev–Trinajstić information content (AvgIpc) is 2.83. The fourth-order valence-electron chi connectivity index (χ4n) is 4.30. The molecule has 1 aromatic heterocycles. The second kappa shape index (κ2) is 10.2. The first-order valence-electron chi connectivity index (χ1n) is 11.3. The molecule has 1 aliphatic rings. The average molecular weight is 498 g/mol. The Morgan fingerprint density at radius 1 is 1.12 bits per heavy atom. The maximum absolute atomic E-state index is 12.8. The Kier molecular flexibility index (Phi) is 7.24. The molecule has 0 spiro atoms. The van der Waals surface area contributed by atoms with Crippen LogP contribution in [0.1, 0.15) is 18.5 Å². The van der Waals surface area contributed by atoms with Crippen molar-refractivity contribution in [2.75, 3.05) is 30.8 Å². The van der Waals surface area contributed by atoms with Gasteiger partial charge in [-0.25, -0.2) is 8.42 Å². The van der Waals surface area contributed by atoms with Gasteiger partial charge in [0.1, 0.15) is 0 Å². The van der Waals surface area contributed by atoms with Crippen molar-refractivity contribution in [3.63, 3.8) is 0 Å². The molecule has 0 unspecified atom stereocenters. The summed E-state index contributed by atoms with van der Waals surface area (Å²) < 4.78 is 25.6. The number of nitrogens with zero attached hydrogens (tertiary/aromatic N) is 3. The fraction of sp³-hybridized carbons (Fsp3) is 0.308. The van der Waals surface area contributed by atoms with Crippen molar-refractivity contribution in [2.24, 2.45) is 0 Å². The first-order chi connectivity index (χ1) is 16.2. The second-order valence-electron chi connectivity index (χ2n) is 8.66. The van der Waals surface area contributed by atoms with E-state index >= 15 is 0 Å². The quantitative estimate of drug-likeness (QED) is 0.463. The molecule has 1 amide bonds. The number of benzene rings is 2. The molecule has 1 aliphatic heterocycles. The third-order valence-electron chi connectivity index (χ3n) is 6.31. The molecule has 34 heavy (non-hydrogen) atoms.